The number of hydrogen-bond acceptors (Lipinski definition) is 7. The molecule has 2 N–H and O–H groups in total. The summed E-state index contributed by atoms with van der Waals surface area (Å²) in [5.74, 6) is -1.04. The maximum Gasteiger partial charge on any atom is 0.335 e. The second kappa shape index (κ2) is 10.9. The van der Waals surface area contributed by atoms with Gasteiger partial charge >= 0.3 is 5.97 Å². The fourth-order valence-corrected chi connectivity index (χ4v) is 5.32. The molecule has 2 aliphatic rings. The normalized spacial score (nSPS) is 18.7. The first-order valence-electron chi connectivity index (χ1n) is 11.9. The Morgan fingerprint density at radius 2 is 1.76 bits per heavy atom. The van der Waals surface area contributed by atoms with E-state index in [4.69, 9.17) is 14.9 Å². The number of nitrogens with zero attached hydrogens (tertiary/aromatic N) is 3. The molecule has 3 aromatic carbocycles. The zero-order valence-electron chi connectivity index (χ0n) is 20.4. The van der Waals surface area contributed by atoms with E-state index in [1.165, 1.54) is 36.0 Å². The van der Waals surface area contributed by atoms with Crippen LogP contribution in [0, 0.1) is 0 Å². The number of ether oxygens (including phenoxy) is 1. The summed E-state index contributed by atoms with van der Waals surface area (Å²) in [6.45, 7) is 0. The third kappa shape index (κ3) is 5.45. The number of hydrazone groups is 1. The van der Waals surface area contributed by atoms with Crippen LogP contribution in [0.25, 0.3) is 0 Å². The first-order chi connectivity index (χ1) is 18.4. The molecule has 38 heavy (non-hydrogen) atoms. The number of hydrogen-bond donors (Lipinski definition) is 2. The number of aromatic carboxylic acids is 1. The van der Waals surface area contributed by atoms with E-state index in [-0.39, 0.29) is 29.8 Å². The number of methoxy groups -OCH3 is 1. The van der Waals surface area contributed by atoms with Gasteiger partial charge in [0.2, 0.25) is 5.91 Å². The number of rotatable bonds is 7. The summed E-state index contributed by atoms with van der Waals surface area (Å²) in [5.41, 5.74) is 3.43. The van der Waals surface area contributed by atoms with Crippen molar-refractivity contribution in [1.82, 2.24) is 5.01 Å². The standard InChI is InChI=1S/C28H24N4O5S/c1-37-21-13-9-17(10-14-21)22-15-23(18-5-3-2-4-6-18)32(31-22)28-30-26(34)24(38-28)16-25(33)29-20-11-7-19(8-12-20)27(35)36/h2-14,23-24H,15-16H2,1H3,(H,29,33)(H,35,36)/t23-,24-/m1/s1. The van der Waals surface area contributed by atoms with Crippen LogP contribution in [0.1, 0.15) is 40.4 Å². The Hall–Kier alpha value is -4.44. The smallest absolute Gasteiger partial charge is 0.335 e. The fraction of sp³-hybridized carbons (Fsp3) is 0.179. The number of carboxylic acids is 1. The maximum atomic E-state index is 12.8. The van der Waals surface area contributed by atoms with E-state index in [2.05, 4.69) is 10.3 Å². The molecule has 10 heteroatoms. The number of benzene rings is 3. The zero-order chi connectivity index (χ0) is 26.6. The van der Waals surface area contributed by atoms with Gasteiger partial charge in [0.05, 0.1) is 24.4 Å². The number of thioether (sulfide) groups is 1. The average Bonchev–Trinajstić information content (AvgIpc) is 3.53. The molecule has 2 amide bonds. The summed E-state index contributed by atoms with van der Waals surface area (Å²) in [6, 6.07) is 23.3. The minimum absolute atomic E-state index is 0.0733. The lowest BCUT2D eigenvalue weighted by Crippen LogP contribution is -2.25. The summed E-state index contributed by atoms with van der Waals surface area (Å²) in [6.07, 6.45) is 0.553. The summed E-state index contributed by atoms with van der Waals surface area (Å²) >= 11 is 1.22. The van der Waals surface area contributed by atoms with Crippen LogP contribution < -0.4 is 10.1 Å². The molecule has 2 heterocycles. The van der Waals surface area contributed by atoms with Crippen LogP contribution in [0.15, 0.2) is 89.0 Å². The number of amidine groups is 1. The Kier molecular flexibility index (Phi) is 7.23. The third-order valence-electron chi connectivity index (χ3n) is 6.23. The van der Waals surface area contributed by atoms with Gasteiger partial charge in [0.1, 0.15) is 11.0 Å². The number of carbonyl (C=O) groups excluding carboxylic acids is 2. The van der Waals surface area contributed by atoms with Crippen molar-refractivity contribution in [3.05, 3.63) is 95.6 Å². The summed E-state index contributed by atoms with van der Waals surface area (Å²) in [7, 11) is 1.62. The molecule has 2 aliphatic heterocycles. The number of carboxylic acid groups (broad SMARTS) is 1. The van der Waals surface area contributed by atoms with Crippen molar-refractivity contribution in [3.63, 3.8) is 0 Å². The van der Waals surface area contributed by atoms with E-state index < -0.39 is 11.2 Å². The third-order valence-corrected chi connectivity index (χ3v) is 7.37. The SMILES string of the molecule is COc1ccc(C2=NN(C3=NC(=O)[C@@H](CC(=O)Nc4ccc(C(=O)O)cc4)S3)[C@@H](c3ccccc3)C2)cc1. The van der Waals surface area contributed by atoms with Gasteiger partial charge in [-0.05, 0) is 59.7 Å². The van der Waals surface area contributed by atoms with Crippen molar-refractivity contribution in [2.75, 3.05) is 12.4 Å². The van der Waals surface area contributed by atoms with Gasteiger partial charge in [0.25, 0.3) is 5.91 Å². The van der Waals surface area contributed by atoms with Crippen LogP contribution in [0.5, 0.6) is 5.75 Å². The molecule has 0 saturated heterocycles. The van der Waals surface area contributed by atoms with Crippen molar-refractivity contribution < 1.29 is 24.2 Å². The van der Waals surface area contributed by atoms with Gasteiger partial charge in [-0.2, -0.15) is 10.1 Å². The van der Waals surface area contributed by atoms with Crippen LogP contribution in [0.3, 0.4) is 0 Å². The predicted molar refractivity (Wildman–Crippen MR) is 146 cm³/mol. The Morgan fingerprint density at radius 3 is 2.42 bits per heavy atom. The van der Waals surface area contributed by atoms with E-state index in [0.29, 0.717) is 17.3 Å². The highest BCUT2D eigenvalue weighted by Crippen LogP contribution is 2.38. The summed E-state index contributed by atoms with van der Waals surface area (Å²) in [5, 5.41) is 18.1. The van der Waals surface area contributed by atoms with Gasteiger partial charge in [-0.1, -0.05) is 42.1 Å². The first-order valence-corrected chi connectivity index (χ1v) is 12.8. The average molecular weight is 529 g/mol. The van der Waals surface area contributed by atoms with Gasteiger partial charge in [0.15, 0.2) is 5.17 Å². The highest BCUT2D eigenvalue weighted by atomic mass is 32.2. The highest BCUT2D eigenvalue weighted by molar-refractivity contribution is 8.15. The molecule has 0 radical (unpaired) electrons. The van der Waals surface area contributed by atoms with E-state index in [1.54, 1.807) is 12.1 Å². The second-order valence-electron chi connectivity index (χ2n) is 8.72. The molecular formula is C28H24N4O5S. The maximum absolute atomic E-state index is 12.8. The molecule has 0 spiro atoms. The van der Waals surface area contributed by atoms with Gasteiger partial charge in [-0.3, -0.25) is 9.59 Å². The predicted octanol–water partition coefficient (Wildman–Crippen LogP) is 4.57. The van der Waals surface area contributed by atoms with E-state index in [9.17, 15) is 14.4 Å². The lowest BCUT2D eigenvalue weighted by Gasteiger charge is -2.23. The monoisotopic (exact) mass is 528 g/mol. The molecule has 0 saturated carbocycles. The lowest BCUT2D eigenvalue weighted by atomic mass is 9.98. The topological polar surface area (TPSA) is 121 Å². The van der Waals surface area contributed by atoms with Crippen molar-refractivity contribution in [2.45, 2.75) is 24.1 Å². The van der Waals surface area contributed by atoms with Crippen LogP contribution >= 0.6 is 11.8 Å². The zero-order valence-corrected chi connectivity index (χ0v) is 21.2. The number of nitrogens with one attached hydrogen (secondary N) is 1. The fourth-order valence-electron chi connectivity index (χ4n) is 4.26. The molecule has 0 unspecified atom stereocenters. The molecule has 2 atom stereocenters. The summed E-state index contributed by atoms with van der Waals surface area (Å²) < 4.78 is 5.27. The Bertz CT molecular complexity index is 1420. The first kappa shape index (κ1) is 25.2. The molecule has 0 aromatic heterocycles. The second-order valence-corrected chi connectivity index (χ2v) is 9.89. The molecule has 0 fully saturated rings. The molecule has 0 aliphatic carbocycles. The summed E-state index contributed by atoms with van der Waals surface area (Å²) in [4.78, 5) is 40.7. The lowest BCUT2D eigenvalue weighted by molar-refractivity contribution is -0.121. The molecule has 0 bridgehead atoms. The van der Waals surface area contributed by atoms with E-state index >= 15 is 0 Å². The van der Waals surface area contributed by atoms with Gasteiger partial charge in [0, 0.05) is 18.5 Å². The number of carbonyl (C=O) groups is 3. The Labute approximate surface area is 223 Å². The number of anilines is 1. The van der Waals surface area contributed by atoms with Crippen molar-refractivity contribution in [3.8, 4) is 5.75 Å². The molecular weight excluding hydrogens is 504 g/mol. The molecule has 192 valence electrons. The number of aliphatic imine (C=N–C) groups is 1. The highest BCUT2D eigenvalue weighted by Gasteiger charge is 2.39. The van der Waals surface area contributed by atoms with Gasteiger partial charge < -0.3 is 15.2 Å². The van der Waals surface area contributed by atoms with Crippen LogP contribution in [0.4, 0.5) is 5.69 Å². The molecule has 3 aromatic rings. The minimum atomic E-state index is -1.05. The Morgan fingerprint density at radius 1 is 1.05 bits per heavy atom. The quantitative estimate of drug-likeness (QED) is 0.461. The van der Waals surface area contributed by atoms with Crippen LogP contribution in [-0.2, 0) is 9.59 Å². The van der Waals surface area contributed by atoms with E-state index in [0.717, 1.165) is 22.6 Å². The van der Waals surface area contributed by atoms with Crippen molar-refractivity contribution in [2.24, 2.45) is 10.1 Å². The van der Waals surface area contributed by atoms with E-state index in [1.807, 2.05) is 54.6 Å². The molecule has 5 rings (SSSR count). The molecule has 9 nitrogen and oxygen atoms in total. The van der Waals surface area contributed by atoms with Gasteiger partial charge in [-0.25, -0.2) is 9.80 Å². The van der Waals surface area contributed by atoms with Crippen LogP contribution in [-0.4, -0.2) is 51.1 Å². The van der Waals surface area contributed by atoms with Gasteiger partial charge in [-0.15, -0.1) is 0 Å². The largest absolute Gasteiger partial charge is 0.497 e. The van der Waals surface area contributed by atoms with Crippen molar-refractivity contribution >= 4 is 46.1 Å². The Balaban J connectivity index is 1.31. The number of amides is 2. The van der Waals surface area contributed by atoms with Crippen LogP contribution in [0.2, 0.25) is 0 Å². The van der Waals surface area contributed by atoms with Crippen molar-refractivity contribution in [1.29, 1.82) is 0 Å². The minimum Gasteiger partial charge on any atom is -0.497 e.